The summed E-state index contributed by atoms with van der Waals surface area (Å²) >= 11 is 0. The average molecular weight is 286 g/mol. The Bertz CT molecular complexity index is 596. The number of hydrogen-bond donors (Lipinski definition) is 1. The first-order valence-corrected chi connectivity index (χ1v) is 6.60. The number of methoxy groups -OCH3 is 2. The van der Waals surface area contributed by atoms with Crippen LogP contribution in [-0.4, -0.2) is 30.9 Å². The van der Waals surface area contributed by atoms with E-state index in [0.717, 1.165) is 0 Å². The van der Waals surface area contributed by atoms with Crippen molar-refractivity contribution in [1.29, 1.82) is 0 Å². The standard InChI is InChI=1S/C17H18O4/c1-20-15-9-6-13(7-10-15)16(18)11-8-14-5-3-4-12-17(14,19)21-2/h3-11,19H,12H2,1-2H3/b11-8+. The van der Waals surface area contributed by atoms with E-state index in [1.165, 1.54) is 13.2 Å². The largest absolute Gasteiger partial charge is 0.497 e. The Morgan fingerprint density at radius 3 is 2.62 bits per heavy atom. The molecule has 1 unspecified atom stereocenters. The summed E-state index contributed by atoms with van der Waals surface area (Å²) in [7, 11) is 3.01. The third kappa shape index (κ3) is 3.48. The van der Waals surface area contributed by atoms with E-state index >= 15 is 0 Å². The van der Waals surface area contributed by atoms with Gasteiger partial charge < -0.3 is 14.6 Å². The van der Waals surface area contributed by atoms with Crippen molar-refractivity contribution in [3.8, 4) is 5.75 Å². The lowest BCUT2D eigenvalue weighted by Crippen LogP contribution is -2.33. The van der Waals surface area contributed by atoms with Gasteiger partial charge in [-0.15, -0.1) is 0 Å². The molecule has 0 fully saturated rings. The summed E-state index contributed by atoms with van der Waals surface area (Å²) in [6, 6.07) is 6.86. The fourth-order valence-corrected chi connectivity index (χ4v) is 2.05. The van der Waals surface area contributed by atoms with Crippen molar-refractivity contribution in [2.24, 2.45) is 0 Å². The molecule has 0 saturated carbocycles. The van der Waals surface area contributed by atoms with E-state index in [1.807, 2.05) is 12.2 Å². The molecule has 0 saturated heterocycles. The van der Waals surface area contributed by atoms with Crippen LogP contribution in [0.3, 0.4) is 0 Å². The Morgan fingerprint density at radius 2 is 2.00 bits per heavy atom. The lowest BCUT2D eigenvalue weighted by atomic mass is 9.96. The number of allylic oxidation sites excluding steroid dienone is 3. The number of carbonyl (C=O) groups excluding carboxylic acids is 1. The number of carbonyl (C=O) groups is 1. The third-order valence-corrected chi connectivity index (χ3v) is 3.38. The minimum atomic E-state index is -1.37. The SMILES string of the molecule is COc1ccc(C(=O)/C=C/C2=CC=CCC2(O)OC)cc1. The summed E-state index contributed by atoms with van der Waals surface area (Å²) < 4.78 is 10.2. The molecule has 0 heterocycles. The van der Waals surface area contributed by atoms with E-state index in [0.29, 0.717) is 23.3 Å². The first kappa shape index (κ1) is 15.2. The van der Waals surface area contributed by atoms with Crippen LogP contribution in [0.25, 0.3) is 0 Å². The van der Waals surface area contributed by atoms with Gasteiger partial charge in [-0.25, -0.2) is 0 Å². The van der Waals surface area contributed by atoms with Crippen LogP contribution in [0, 0.1) is 0 Å². The van der Waals surface area contributed by atoms with Gasteiger partial charge in [0.1, 0.15) is 5.75 Å². The molecular weight excluding hydrogens is 268 g/mol. The van der Waals surface area contributed by atoms with Gasteiger partial charge in [0.2, 0.25) is 0 Å². The molecule has 0 spiro atoms. The summed E-state index contributed by atoms with van der Waals surface area (Å²) in [4.78, 5) is 12.1. The second-order valence-electron chi connectivity index (χ2n) is 4.67. The van der Waals surface area contributed by atoms with Crippen molar-refractivity contribution >= 4 is 5.78 Å². The predicted molar refractivity (Wildman–Crippen MR) is 80.3 cm³/mol. The molecule has 1 aliphatic carbocycles. The molecule has 1 atom stereocenters. The maximum Gasteiger partial charge on any atom is 0.195 e. The molecular formula is C17H18O4. The highest BCUT2D eigenvalue weighted by Gasteiger charge is 2.29. The molecule has 1 aromatic carbocycles. The van der Waals surface area contributed by atoms with Gasteiger partial charge in [0.05, 0.1) is 7.11 Å². The molecule has 0 bridgehead atoms. The molecule has 0 radical (unpaired) electrons. The van der Waals surface area contributed by atoms with Gasteiger partial charge in [-0.2, -0.15) is 0 Å². The lowest BCUT2D eigenvalue weighted by molar-refractivity contribution is -0.150. The first-order chi connectivity index (χ1) is 10.1. The molecule has 0 aromatic heterocycles. The smallest absolute Gasteiger partial charge is 0.195 e. The number of aliphatic hydroxyl groups is 1. The fraction of sp³-hybridized carbons (Fsp3) is 0.235. The molecule has 4 nitrogen and oxygen atoms in total. The van der Waals surface area contributed by atoms with E-state index in [2.05, 4.69) is 0 Å². The van der Waals surface area contributed by atoms with Crippen LogP contribution < -0.4 is 4.74 Å². The van der Waals surface area contributed by atoms with E-state index in [1.54, 1.807) is 43.5 Å². The highest BCUT2D eigenvalue weighted by molar-refractivity contribution is 6.04. The van der Waals surface area contributed by atoms with Gasteiger partial charge >= 0.3 is 0 Å². The second-order valence-corrected chi connectivity index (χ2v) is 4.67. The molecule has 4 heteroatoms. The first-order valence-electron chi connectivity index (χ1n) is 6.60. The highest BCUT2D eigenvalue weighted by atomic mass is 16.6. The minimum absolute atomic E-state index is 0.147. The van der Waals surface area contributed by atoms with Crippen LogP contribution in [0.5, 0.6) is 5.75 Å². The van der Waals surface area contributed by atoms with Crippen LogP contribution in [0.4, 0.5) is 0 Å². The van der Waals surface area contributed by atoms with Gasteiger partial charge in [-0.1, -0.05) is 18.2 Å². The second kappa shape index (κ2) is 6.52. The van der Waals surface area contributed by atoms with E-state index in [4.69, 9.17) is 9.47 Å². The third-order valence-electron chi connectivity index (χ3n) is 3.38. The predicted octanol–water partition coefficient (Wildman–Crippen LogP) is 2.66. The van der Waals surface area contributed by atoms with E-state index in [9.17, 15) is 9.90 Å². The monoisotopic (exact) mass is 286 g/mol. The normalized spacial score (nSPS) is 21.4. The molecule has 1 aliphatic rings. The van der Waals surface area contributed by atoms with Crippen molar-refractivity contribution in [3.05, 3.63) is 65.8 Å². The molecule has 2 rings (SSSR count). The van der Waals surface area contributed by atoms with Crippen LogP contribution in [0.15, 0.2) is 60.2 Å². The van der Waals surface area contributed by atoms with Crippen molar-refractivity contribution in [2.75, 3.05) is 14.2 Å². The van der Waals surface area contributed by atoms with Gasteiger partial charge in [-0.3, -0.25) is 4.79 Å². The zero-order chi connectivity index (χ0) is 15.3. The summed E-state index contributed by atoms with van der Waals surface area (Å²) in [5.74, 6) is -0.818. The molecule has 1 aromatic rings. The van der Waals surface area contributed by atoms with Crippen molar-refractivity contribution in [1.82, 2.24) is 0 Å². The van der Waals surface area contributed by atoms with Gasteiger partial charge in [0.25, 0.3) is 0 Å². The molecule has 1 N–H and O–H groups in total. The number of rotatable bonds is 5. The van der Waals surface area contributed by atoms with Crippen molar-refractivity contribution in [3.63, 3.8) is 0 Å². The Labute approximate surface area is 124 Å². The van der Waals surface area contributed by atoms with Gasteiger partial charge in [0, 0.05) is 24.7 Å². The Hall–Kier alpha value is -2.17. The molecule has 0 aliphatic heterocycles. The quantitative estimate of drug-likeness (QED) is 0.513. The van der Waals surface area contributed by atoms with Crippen LogP contribution in [0.1, 0.15) is 16.8 Å². The Kier molecular flexibility index (Phi) is 4.73. The lowest BCUT2D eigenvalue weighted by Gasteiger charge is -2.28. The van der Waals surface area contributed by atoms with E-state index in [-0.39, 0.29) is 5.78 Å². The van der Waals surface area contributed by atoms with Crippen molar-refractivity contribution in [2.45, 2.75) is 12.2 Å². The summed E-state index contributed by atoms with van der Waals surface area (Å²) in [5.41, 5.74) is 1.11. The maximum atomic E-state index is 12.1. The zero-order valence-corrected chi connectivity index (χ0v) is 12.1. The summed E-state index contributed by atoms with van der Waals surface area (Å²) in [5, 5.41) is 10.3. The maximum absolute atomic E-state index is 12.1. The van der Waals surface area contributed by atoms with Gasteiger partial charge in [0.15, 0.2) is 11.6 Å². The molecule has 110 valence electrons. The van der Waals surface area contributed by atoms with Crippen LogP contribution >= 0.6 is 0 Å². The fourth-order valence-electron chi connectivity index (χ4n) is 2.05. The summed E-state index contributed by atoms with van der Waals surface area (Å²) in [6.45, 7) is 0. The Balaban J connectivity index is 2.14. The van der Waals surface area contributed by atoms with Crippen molar-refractivity contribution < 1.29 is 19.4 Å². The number of ether oxygens (including phenoxy) is 2. The molecule has 0 amide bonds. The zero-order valence-electron chi connectivity index (χ0n) is 12.1. The highest BCUT2D eigenvalue weighted by Crippen LogP contribution is 2.27. The average Bonchev–Trinajstić information content (AvgIpc) is 2.54. The van der Waals surface area contributed by atoms with Gasteiger partial charge in [-0.05, 0) is 36.4 Å². The number of benzene rings is 1. The summed E-state index contributed by atoms with van der Waals surface area (Å²) in [6.07, 6.45) is 8.73. The molecule has 21 heavy (non-hydrogen) atoms. The Morgan fingerprint density at radius 1 is 1.29 bits per heavy atom. The van der Waals surface area contributed by atoms with E-state index < -0.39 is 5.79 Å². The topological polar surface area (TPSA) is 55.8 Å². The van der Waals surface area contributed by atoms with Crippen LogP contribution in [0.2, 0.25) is 0 Å². The number of hydrogen-bond acceptors (Lipinski definition) is 4. The van der Waals surface area contributed by atoms with Crippen LogP contribution in [-0.2, 0) is 4.74 Å². The minimum Gasteiger partial charge on any atom is -0.497 e. The number of ketones is 1.